The van der Waals surface area contributed by atoms with Gasteiger partial charge >= 0.3 is 0 Å². The molecule has 0 saturated heterocycles. The molecule has 2 aromatic heterocycles. The monoisotopic (exact) mass is 352 g/mol. The molecule has 0 aliphatic rings. The minimum Gasteiger partial charge on any atom is -0.489 e. The number of aromatic nitrogens is 3. The molecule has 0 amide bonds. The number of nitriles is 1. The number of aromatic amines is 1. The third-order valence-corrected chi connectivity index (χ3v) is 4.24. The van der Waals surface area contributed by atoms with Crippen molar-refractivity contribution in [2.75, 3.05) is 0 Å². The Morgan fingerprint density at radius 2 is 1.78 bits per heavy atom. The summed E-state index contributed by atoms with van der Waals surface area (Å²) in [7, 11) is 0. The summed E-state index contributed by atoms with van der Waals surface area (Å²) in [4.78, 5) is 4.07. The Balaban J connectivity index is 1.55. The van der Waals surface area contributed by atoms with Crippen molar-refractivity contribution in [1.82, 2.24) is 15.2 Å². The fourth-order valence-electron chi connectivity index (χ4n) is 2.84. The molecule has 0 saturated carbocycles. The Morgan fingerprint density at radius 1 is 0.963 bits per heavy atom. The van der Waals surface area contributed by atoms with Crippen molar-refractivity contribution >= 4 is 0 Å². The summed E-state index contributed by atoms with van der Waals surface area (Å²) >= 11 is 0. The first kappa shape index (κ1) is 16.6. The van der Waals surface area contributed by atoms with Gasteiger partial charge in [-0.25, -0.2) is 0 Å². The molecule has 0 atom stereocenters. The van der Waals surface area contributed by atoms with Crippen LogP contribution in [-0.4, -0.2) is 15.2 Å². The quantitative estimate of drug-likeness (QED) is 0.570. The van der Waals surface area contributed by atoms with Crippen LogP contribution < -0.4 is 4.74 Å². The number of hydrogen-bond acceptors (Lipinski definition) is 4. The maximum Gasteiger partial charge on any atom is 0.120 e. The van der Waals surface area contributed by atoms with Crippen LogP contribution in [0, 0.1) is 11.3 Å². The van der Waals surface area contributed by atoms with E-state index >= 15 is 0 Å². The maximum absolute atomic E-state index is 8.87. The van der Waals surface area contributed by atoms with Crippen LogP contribution in [0.15, 0.2) is 79.3 Å². The van der Waals surface area contributed by atoms with Gasteiger partial charge in [-0.2, -0.15) is 10.4 Å². The van der Waals surface area contributed by atoms with E-state index in [4.69, 9.17) is 10.00 Å². The van der Waals surface area contributed by atoms with Crippen LogP contribution in [0.3, 0.4) is 0 Å². The Hall–Kier alpha value is -3.91. The number of hydrogen-bond donors (Lipinski definition) is 1. The average molecular weight is 352 g/mol. The highest BCUT2D eigenvalue weighted by molar-refractivity contribution is 5.80. The van der Waals surface area contributed by atoms with Crippen LogP contribution >= 0.6 is 0 Å². The second-order valence-electron chi connectivity index (χ2n) is 6.02. The first-order chi connectivity index (χ1) is 13.3. The van der Waals surface area contributed by atoms with E-state index in [1.54, 1.807) is 24.5 Å². The van der Waals surface area contributed by atoms with Gasteiger partial charge in [-0.1, -0.05) is 24.3 Å². The molecule has 0 aliphatic heterocycles. The van der Waals surface area contributed by atoms with Crippen LogP contribution in [0.25, 0.3) is 22.4 Å². The molecule has 0 bridgehead atoms. The first-order valence-corrected chi connectivity index (χ1v) is 8.49. The van der Waals surface area contributed by atoms with Gasteiger partial charge in [0.05, 0.1) is 23.5 Å². The highest BCUT2D eigenvalue weighted by Crippen LogP contribution is 2.31. The highest BCUT2D eigenvalue weighted by Gasteiger charge is 2.10. The molecule has 1 N–H and O–H groups in total. The van der Waals surface area contributed by atoms with Gasteiger partial charge in [0.1, 0.15) is 12.4 Å². The lowest BCUT2D eigenvalue weighted by Crippen LogP contribution is -1.95. The molecule has 27 heavy (non-hydrogen) atoms. The third-order valence-electron chi connectivity index (χ3n) is 4.24. The van der Waals surface area contributed by atoms with E-state index in [1.807, 2.05) is 54.7 Å². The first-order valence-electron chi connectivity index (χ1n) is 8.49. The number of benzene rings is 2. The summed E-state index contributed by atoms with van der Waals surface area (Å²) < 4.78 is 5.92. The molecule has 130 valence electrons. The van der Waals surface area contributed by atoms with Crippen LogP contribution in [-0.2, 0) is 6.61 Å². The van der Waals surface area contributed by atoms with Gasteiger partial charge in [0, 0.05) is 23.5 Å². The van der Waals surface area contributed by atoms with Gasteiger partial charge in [-0.05, 0) is 47.5 Å². The highest BCUT2D eigenvalue weighted by atomic mass is 16.5. The van der Waals surface area contributed by atoms with Crippen molar-refractivity contribution in [2.24, 2.45) is 0 Å². The zero-order chi connectivity index (χ0) is 18.5. The summed E-state index contributed by atoms with van der Waals surface area (Å²) in [5.41, 5.74) is 5.66. The lowest BCUT2D eigenvalue weighted by Gasteiger charge is -2.09. The molecular weight excluding hydrogens is 336 g/mol. The minimum atomic E-state index is 0.440. The van der Waals surface area contributed by atoms with Crippen molar-refractivity contribution in [1.29, 1.82) is 5.26 Å². The lowest BCUT2D eigenvalue weighted by molar-refractivity contribution is 0.306. The molecule has 0 spiro atoms. The normalized spacial score (nSPS) is 10.3. The fraction of sp³-hybridized carbons (Fsp3) is 0.0455. The van der Waals surface area contributed by atoms with Crippen molar-refractivity contribution in [2.45, 2.75) is 6.61 Å². The van der Waals surface area contributed by atoms with Crippen LogP contribution in [0.5, 0.6) is 5.75 Å². The molecule has 0 aliphatic carbocycles. The second kappa shape index (κ2) is 7.54. The standard InChI is InChI=1S/C22H16N4O/c23-13-16-4-6-17(7-5-16)15-27-20-3-1-2-19(12-20)22-21(14-25-26-22)18-8-10-24-11-9-18/h1-12,14H,15H2,(H,25,26). The Labute approximate surface area is 156 Å². The molecule has 4 aromatic rings. The molecule has 2 heterocycles. The van der Waals surface area contributed by atoms with E-state index < -0.39 is 0 Å². The van der Waals surface area contributed by atoms with Gasteiger partial charge in [0.25, 0.3) is 0 Å². The predicted molar refractivity (Wildman–Crippen MR) is 103 cm³/mol. The van der Waals surface area contributed by atoms with Gasteiger partial charge < -0.3 is 4.74 Å². The molecular formula is C22H16N4O. The summed E-state index contributed by atoms with van der Waals surface area (Å²) in [5, 5.41) is 16.1. The van der Waals surface area contributed by atoms with Crippen molar-refractivity contribution in [3.8, 4) is 34.2 Å². The summed E-state index contributed by atoms with van der Waals surface area (Å²) in [6.07, 6.45) is 5.35. The maximum atomic E-state index is 8.87. The Kier molecular flexibility index (Phi) is 4.62. The zero-order valence-electron chi connectivity index (χ0n) is 14.5. The summed E-state index contributed by atoms with van der Waals surface area (Å²) in [6, 6.07) is 21.3. The number of nitrogens with one attached hydrogen (secondary N) is 1. The fourth-order valence-corrected chi connectivity index (χ4v) is 2.84. The number of rotatable bonds is 5. The molecule has 5 heteroatoms. The van der Waals surface area contributed by atoms with Gasteiger partial charge in [-0.15, -0.1) is 0 Å². The number of nitrogens with zero attached hydrogens (tertiary/aromatic N) is 3. The van der Waals surface area contributed by atoms with Gasteiger partial charge in [0.15, 0.2) is 0 Å². The Morgan fingerprint density at radius 3 is 2.56 bits per heavy atom. The van der Waals surface area contributed by atoms with Crippen LogP contribution in [0.2, 0.25) is 0 Å². The van der Waals surface area contributed by atoms with Crippen LogP contribution in [0.1, 0.15) is 11.1 Å². The topological polar surface area (TPSA) is 74.6 Å². The third kappa shape index (κ3) is 3.70. The SMILES string of the molecule is N#Cc1ccc(COc2cccc(-c3[nH]ncc3-c3ccncc3)c2)cc1. The van der Waals surface area contributed by atoms with E-state index in [9.17, 15) is 0 Å². The van der Waals surface area contributed by atoms with Gasteiger partial charge in [0.2, 0.25) is 0 Å². The van der Waals surface area contributed by atoms with E-state index in [2.05, 4.69) is 21.3 Å². The zero-order valence-corrected chi connectivity index (χ0v) is 14.5. The van der Waals surface area contributed by atoms with E-state index in [1.165, 1.54) is 0 Å². The molecule has 5 nitrogen and oxygen atoms in total. The lowest BCUT2D eigenvalue weighted by atomic mass is 10.0. The predicted octanol–water partition coefficient (Wildman–Crippen LogP) is 4.59. The number of H-pyrrole nitrogens is 1. The number of pyridine rings is 1. The Bertz CT molecular complexity index is 1080. The summed E-state index contributed by atoms with van der Waals surface area (Å²) in [6.45, 7) is 0.440. The molecule has 0 unspecified atom stereocenters. The second-order valence-corrected chi connectivity index (χ2v) is 6.02. The molecule has 0 fully saturated rings. The smallest absolute Gasteiger partial charge is 0.120 e. The van der Waals surface area contributed by atoms with E-state index in [0.717, 1.165) is 33.7 Å². The molecule has 4 rings (SSSR count). The average Bonchev–Trinajstić information content (AvgIpc) is 3.23. The van der Waals surface area contributed by atoms with Crippen molar-refractivity contribution in [3.63, 3.8) is 0 Å². The number of ether oxygens (including phenoxy) is 1. The summed E-state index contributed by atoms with van der Waals surface area (Å²) in [5.74, 6) is 0.770. The van der Waals surface area contributed by atoms with Crippen LogP contribution in [0.4, 0.5) is 0 Å². The minimum absolute atomic E-state index is 0.440. The van der Waals surface area contributed by atoms with E-state index in [-0.39, 0.29) is 0 Å². The largest absolute Gasteiger partial charge is 0.489 e. The van der Waals surface area contributed by atoms with Crippen molar-refractivity contribution < 1.29 is 4.74 Å². The van der Waals surface area contributed by atoms with Crippen molar-refractivity contribution in [3.05, 3.63) is 90.4 Å². The van der Waals surface area contributed by atoms with Gasteiger partial charge in [-0.3, -0.25) is 10.1 Å². The van der Waals surface area contributed by atoms with E-state index in [0.29, 0.717) is 12.2 Å². The molecule has 0 radical (unpaired) electrons. The molecule has 2 aromatic carbocycles.